The molecule has 1 aromatic carbocycles. The van der Waals surface area contributed by atoms with Crippen LogP contribution in [0.15, 0.2) is 65.6 Å². The number of allylic oxidation sites excluding steroid dienone is 4. The van der Waals surface area contributed by atoms with Crippen LogP contribution in [0.4, 0.5) is 0 Å². The normalized spacial score (nSPS) is 36.5. The van der Waals surface area contributed by atoms with Gasteiger partial charge in [-0.15, -0.1) is 0 Å². The second-order valence-electron chi connectivity index (χ2n) is 12.0. The Labute approximate surface area is 241 Å². The summed E-state index contributed by atoms with van der Waals surface area (Å²) in [5.41, 5.74) is 4.52. The summed E-state index contributed by atoms with van der Waals surface area (Å²) in [7, 11) is -4.04. The van der Waals surface area contributed by atoms with E-state index in [2.05, 4.69) is 27.8 Å². The van der Waals surface area contributed by atoms with Gasteiger partial charge in [0.15, 0.2) is 0 Å². The van der Waals surface area contributed by atoms with E-state index in [0.717, 1.165) is 55.1 Å². The van der Waals surface area contributed by atoms with Gasteiger partial charge in [-0.1, -0.05) is 23.7 Å². The Morgan fingerprint density at radius 1 is 1.18 bits per heavy atom. The van der Waals surface area contributed by atoms with Crippen molar-refractivity contribution in [3.8, 4) is 0 Å². The van der Waals surface area contributed by atoms with Gasteiger partial charge in [0.05, 0.1) is 19.5 Å². The van der Waals surface area contributed by atoms with Crippen LogP contribution < -0.4 is 4.72 Å². The van der Waals surface area contributed by atoms with Crippen molar-refractivity contribution in [2.45, 2.75) is 62.0 Å². The summed E-state index contributed by atoms with van der Waals surface area (Å²) in [6, 6.07) is 6.21. The number of fused-ring (bicyclic) bond motifs is 4. The van der Waals surface area contributed by atoms with Crippen molar-refractivity contribution < 1.29 is 23.1 Å². The van der Waals surface area contributed by atoms with Crippen LogP contribution in [-0.2, 0) is 31.4 Å². The van der Waals surface area contributed by atoms with E-state index in [4.69, 9.17) is 16.3 Å². The predicted octanol–water partition coefficient (Wildman–Crippen LogP) is 4.53. The highest BCUT2D eigenvalue weighted by Gasteiger charge is 2.43. The van der Waals surface area contributed by atoms with Gasteiger partial charge in [-0.3, -0.25) is 4.79 Å². The Kier molecular flexibility index (Phi) is 7.61. The van der Waals surface area contributed by atoms with Gasteiger partial charge in [0.2, 0.25) is 10.0 Å². The van der Waals surface area contributed by atoms with E-state index < -0.39 is 27.8 Å². The minimum Gasteiger partial charge on any atom is -0.500 e. The van der Waals surface area contributed by atoms with Crippen LogP contribution in [0.3, 0.4) is 0 Å². The maximum atomic E-state index is 13.4. The van der Waals surface area contributed by atoms with Crippen molar-refractivity contribution in [3.05, 3.63) is 81.8 Å². The number of benzene rings is 1. The number of hydrogen-bond acceptors (Lipinski definition) is 6. The molecule has 2 aliphatic carbocycles. The summed E-state index contributed by atoms with van der Waals surface area (Å²) < 4.78 is 34.3. The molecule has 4 atom stereocenters. The number of carbonyl (C=O) groups excluding carboxylic acids is 1. The number of nitrogens with one attached hydrogen (secondary N) is 1. The highest BCUT2D eigenvalue weighted by Crippen LogP contribution is 2.45. The van der Waals surface area contributed by atoms with E-state index in [1.165, 1.54) is 24.0 Å². The fourth-order valence-corrected chi connectivity index (χ4v) is 8.54. The van der Waals surface area contributed by atoms with Crippen LogP contribution in [0.2, 0.25) is 5.02 Å². The van der Waals surface area contributed by atoms with Gasteiger partial charge >= 0.3 is 0 Å². The van der Waals surface area contributed by atoms with E-state index in [-0.39, 0.29) is 17.4 Å². The van der Waals surface area contributed by atoms with Crippen molar-refractivity contribution in [1.82, 2.24) is 9.62 Å². The summed E-state index contributed by atoms with van der Waals surface area (Å²) in [5.74, 6) is 0.465. The number of aryl methyl sites for hydroxylation is 1. The molecule has 0 radical (unpaired) electrons. The molecular weight excluding hydrogens is 548 g/mol. The number of sulfonamides is 1. The molecule has 7 nitrogen and oxygen atoms in total. The fraction of sp³-hybridized carbons (Fsp3) is 0.516. The molecule has 1 saturated carbocycles. The number of carbonyl (C=O) groups is 1. The zero-order valence-electron chi connectivity index (χ0n) is 22.6. The molecule has 1 amide bonds. The predicted molar refractivity (Wildman–Crippen MR) is 155 cm³/mol. The minimum atomic E-state index is -4.04. The maximum absolute atomic E-state index is 13.4. The van der Waals surface area contributed by atoms with Crippen molar-refractivity contribution in [2.75, 3.05) is 26.3 Å². The largest absolute Gasteiger partial charge is 0.500 e. The summed E-state index contributed by atoms with van der Waals surface area (Å²) >= 11 is 6.41. The molecular formula is C31H37ClN2O5S. The third-order valence-corrected chi connectivity index (χ3v) is 11.5. The molecule has 2 bridgehead atoms. The summed E-state index contributed by atoms with van der Waals surface area (Å²) in [6.07, 6.45) is 16.0. The van der Waals surface area contributed by atoms with E-state index in [1.54, 1.807) is 18.4 Å². The number of amides is 1. The molecule has 6 rings (SSSR count). The van der Waals surface area contributed by atoms with Crippen LogP contribution in [0, 0.1) is 11.8 Å². The van der Waals surface area contributed by atoms with Gasteiger partial charge in [0, 0.05) is 34.8 Å². The second kappa shape index (κ2) is 11.0. The van der Waals surface area contributed by atoms with Gasteiger partial charge in [0.1, 0.15) is 5.25 Å². The summed E-state index contributed by atoms with van der Waals surface area (Å²) in [6.45, 7) is 1.55. The van der Waals surface area contributed by atoms with Crippen molar-refractivity contribution >= 4 is 27.5 Å². The number of halogens is 1. The van der Waals surface area contributed by atoms with Gasteiger partial charge < -0.3 is 14.7 Å². The van der Waals surface area contributed by atoms with E-state index in [1.807, 2.05) is 12.1 Å². The zero-order valence-corrected chi connectivity index (χ0v) is 24.2. The number of aliphatic hydroxyl groups excluding tert-OH is 1. The molecule has 0 aromatic heterocycles. The lowest BCUT2D eigenvalue weighted by atomic mass is 9.68. The first kappa shape index (κ1) is 27.6. The third kappa shape index (κ3) is 5.26. The molecule has 1 fully saturated rings. The van der Waals surface area contributed by atoms with Gasteiger partial charge in [-0.2, -0.15) is 0 Å². The molecule has 5 aliphatic rings. The standard InChI is InChI=1S/C31H37ClN2O5S/c32-26-10-12-28-23(15-26)3-1-13-31(28)19-34-17-25-8-6-21(25)5-7-22-9-11-27(18-35)40(37,38)33-30(36)24(16-29(22)34)4-2-14-39-20-31/h2,4,7,10,12,14-16,21,25,27,35H,1,3,5-6,8-9,11,13,17-20H2,(H,33,36)/b14-2-,22-7-,24-4+,29-16-/t21-,25+,27-,31+/m1/s1. The molecule has 0 unspecified atom stereocenters. The Hall–Kier alpha value is -2.55. The van der Waals surface area contributed by atoms with E-state index in [9.17, 15) is 18.3 Å². The first-order chi connectivity index (χ1) is 19.3. The average Bonchev–Trinajstić information content (AvgIpc) is 2.93. The number of hydrogen-bond donors (Lipinski definition) is 2. The third-order valence-electron chi connectivity index (χ3n) is 9.58. The number of rotatable bonds is 1. The van der Waals surface area contributed by atoms with Gasteiger partial charge in [0.25, 0.3) is 5.91 Å². The van der Waals surface area contributed by atoms with Gasteiger partial charge in [-0.25, -0.2) is 13.1 Å². The topological polar surface area (TPSA) is 95.9 Å². The quantitative estimate of drug-likeness (QED) is 0.504. The van der Waals surface area contributed by atoms with E-state index >= 15 is 0 Å². The van der Waals surface area contributed by atoms with Crippen molar-refractivity contribution in [1.29, 1.82) is 0 Å². The second-order valence-corrected chi connectivity index (χ2v) is 14.4. The van der Waals surface area contributed by atoms with Crippen LogP contribution in [0.1, 0.15) is 56.1 Å². The molecule has 0 saturated heterocycles. The molecule has 3 heterocycles. The highest BCUT2D eigenvalue weighted by molar-refractivity contribution is 7.90. The molecule has 1 spiro atoms. The Morgan fingerprint density at radius 2 is 2.02 bits per heavy atom. The first-order valence-electron chi connectivity index (χ1n) is 14.4. The Balaban J connectivity index is 1.51. The lowest BCUT2D eigenvalue weighted by Crippen LogP contribution is -2.49. The lowest BCUT2D eigenvalue weighted by Gasteiger charge is -2.48. The van der Waals surface area contributed by atoms with Crippen molar-refractivity contribution in [3.63, 3.8) is 0 Å². The zero-order chi connectivity index (χ0) is 27.9. The van der Waals surface area contributed by atoms with Crippen molar-refractivity contribution in [2.24, 2.45) is 11.8 Å². The van der Waals surface area contributed by atoms with Gasteiger partial charge in [-0.05, 0) is 110 Å². The first-order valence-corrected chi connectivity index (χ1v) is 16.3. The molecule has 2 N–H and O–H groups in total. The van der Waals surface area contributed by atoms with E-state index in [0.29, 0.717) is 24.9 Å². The number of aliphatic hydroxyl groups is 1. The fourth-order valence-electron chi connectivity index (χ4n) is 7.17. The molecule has 9 heteroatoms. The highest BCUT2D eigenvalue weighted by atomic mass is 35.5. The molecule has 1 aromatic rings. The summed E-state index contributed by atoms with van der Waals surface area (Å²) in [4.78, 5) is 15.8. The monoisotopic (exact) mass is 584 g/mol. The average molecular weight is 585 g/mol. The van der Waals surface area contributed by atoms with Crippen LogP contribution >= 0.6 is 11.6 Å². The maximum Gasteiger partial charge on any atom is 0.264 e. The molecule has 40 heavy (non-hydrogen) atoms. The molecule has 3 aliphatic heterocycles. The number of ether oxygens (including phenoxy) is 1. The van der Waals surface area contributed by atoms with Crippen LogP contribution in [0.5, 0.6) is 0 Å². The Bertz CT molecular complexity index is 1410. The number of nitrogens with zero attached hydrogens (tertiary/aromatic N) is 1. The minimum absolute atomic E-state index is 0.235. The van der Waals surface area contributed by atoms with Crippen LogP contribution in [-0.4, -0.2) is 55.9 Å². The summed E-state index contributed by atoms with van der Waals surface area (Å²) in [5, 5.41) is 9.65. The Morgan fingerprint density at radius 3 is 2.83 bits per heavy atom. The smallest absolute Gasteiger partial charge is 0.264 e. The molecule has 214 valence electrons. The SMILES string of the molecule is O=C1NS(=O)(=O)[C@@H](CO)CCC2=C/C[C@@H]3CC[C@H]3CN3C[C@@]4(CCCc5cc(Cl)ccc54)CO\C=C/C=C1\C=C\23. The van der Waals surface area contributed by atoms with Crippen LogP contribution in [0.25, 0.3) is 0 Å². The lowest BCUT2D eigenvalue weighted by molar-refractivity contribution is -0.115.